The molecule has 1 fully saturated rings. The molecule has 0 saturated carbocycles. The molecule has 1 heterocycles. The van der Waals surface area contributed by atoms with Crippen molar-refractivity contribution in [2.75, 3.05) is 6.61 Å². The Kier molecular flexibility index (Phi) is 4.17. The second-order valence-corrected chi connectivity index (χ2v) is 2.95. The van der Waals surface area contributed by atoms with Gasteiger partial charge in [0.05, 0.1) is 0 Å². The molecule has 0 amide bonds. The minimum Gasteiger partial charge on any atom is -0.429 e. The number of unbranched alkanes of at least 4 members (excludes halogenated alkanes) is 3. The molecule has 0 N–H and O–H groups in total. The quantitative estimate of drug-likeness (QED) is 0.381. The Morgan fingerprint density at radius 3 is 3.00 bits per heavy atom. The zero-order valence-electron chi connectivity index (χ0n) is 7.84. The van der Waals surface area contributed by atoms with Crippen molar-refractivity contribution >= 4 is 6.16 Å². The van der Waals surface area contributed by atoms with Crippen LogP contribution in [0.5, 0.6) is 0 Å². The topological polar surface area (TPSA) is 35.5 Å². The summed E-state index contributed by atoms with van der Waals surface area (Å²) in [6.07, 6.45) is 3.45. The van der Waals surface area contributed by atoms with Crippen LogP contribution in [0.4, 0.5) is 4.79 Å². The molecule has 72 valence electrons. The summed E-state index contributed by atoms with van der Waals surface area (Å²) < 4.78 is 9.31. The van der Waals surface area contributed by atoms with E-state index in [1.165, 1.54) is 12.8 Å². The van der Waals surface area contributed by atoms with Gasteiger partial charge in [-0.25, -0.2) is 4.79 Å². The van der Waals surface area contributed by atoms with Crippen LogP contribution in [-0.2, 0) is 9.47 Å². The van der Waals surface area contributed by atoms with Crippen molar-refractivity contribution in [2.45, 2.75) is 38.7 Å². The molecule has 1 aliphatic heterocycles. The first-order valence-corrected chi connectivity index (χ1v) is 4.64. The van der Waals surface area contributed by atoms with Crippen molar-refractivity contribution in [3.8, 4) is 11.8 Å². The SMILES string of the molecule is CCCCCC#C[C@@H]1COC(=O)O1. The van der Waals surface area contributed by atoms with Gasteiger partial charge in [-0.05, 0) is 6.42 Å². The van der Waals surface area contributed by atoms with Gasteiger partial charge in [0.1, 0.15) is 6.61 Å². The van der Waals surface area contributed by atoms with Crippen molar-refractivity contribution in [3.63, 3.8) is 0 Å². The minimum atomic E-state index is -0.604. The van der Waals surface area contributed by atoms with Crippen LogP contribution < -0.4 is 0 Å². The highest BCUT2D eigenvalue weighted by molar-refractivity contribution is 5.62. The van der Waals surface area contributed by atoms with Crippen LogP contribution in [-0.4, -0.2) is 18.9 Å². The minimum absolute atomic E-state index is 0.277. The van der Waals surface area contributed by atoms with Gasteiger partial charge in [-0.1, -0.05) is 31.6 Å². The van der Waals surface area contributed by atoms with Gasteiger partial charge in [0.2, 0.25) is 0 Å². The van der Waals surface area contributed by atoms with Crippen LogP contribution >= 0.6 is 0 Å². The maximum absolute atomic E-state index is 10.5. The van der Waals surface area contributed by atoms with E-state index in [9.17, 15) is 4.79 Å². The first-order chi connectivity index (χ1) is 6.33. The highest BCUT2D eigenvalue weighted by Crippen LogP contribution is 2.04. The van der Waals surface area contributed by atoms with Crippen molar-refractivity contribution in [2.24, 2.45) is 0 Å². The molecule has 0 radical (unpaired) electrons. The van der Waals surface area contributed by atoms with E-state index in [1.54, 1.807) is 0 Å². The van der Waals surface area contributed by atoms with Gasteiger partial charge in [-0.3, -0.25) is 0 Å². The molecule has 1 saturated heterocycles. The van der Waals surface area contributed by atoms with Crippen molar-refractivity contribution in [3.05, 3.63) is 0 Å². The van der Waals surface area contributed by atoms with E-state index in [-0.39, 0.29) is 12.7 Å². The van der Waals surface area contributed by atoms with E-state index in [1.807, 2.05) is 0 Å². The average molecular weight is 182 g/mol. The summed E-state index contributed by atoms with van der Waals surface area (Å²) in [7, 11) is 0. The number of hydrogen-bond donors (Lipinski definition) is 0. The standard InChI is InChI=1S/C10H14O3/c1-2-3-4-5-6-7-9-8-12-10(11)13-9/h9H,2-5,8H2,1H3/t9-/m1/s1. The van der Waals surface area contributed by atoms with Gasteiger partial charge < -0.3 is 9.47 Å². The Morgan fingerprint density at radius 2 is 2.38 bits per heavy atom. The Labute approximate surface area is 78.4 Å². The third kappa shape index (κ3) is 3.84. The lowest BCUT2D eigenvalue weighted by molar-refractivity contribution is 0.126. The first-order valence-electron chi connectivity index (χ1n) is 4.64. The Morgan fingerprint density at radius 1 is 1.54 bits per heavy atom. The maximum atomic E-state index is 10.5. The maximum Gasteiger partial charge on any atom is 0.509 e. The second-order valence-electron chi connectivity index (χ2n) is 2.95. The zero-order chi connectivity index (χ0) is 9.52. The summed E-state index contributed by atoms with van der Waals surface area (Å²) in [5, 5.41) is 0. The van der Waals surface area contributed by atoms with Gasteiger partial charge in [0, 0.05) is 6.42 Å². The van der Waals surface area contributed by atoms with Gasteiger partial charge in [-0.15, -0.1) is 0 Å². The van der Waals surface area contributed by atoms with Crippen molar-refractivity contribution in [1.29, 1.82) is 0 Å². The molecular formula is C10H14O3. The zero-order valence-corrected chi connectivity index (χ0v) is 7.84. The van der Waals surface area contributed by atoms with Gasteiger partial charge in [0.25, 0.3) is 0 Å². The van der Waals surface area contributed by atoms with Crippen LogP contribution in [0.15, 0.2) is 0 Å². The molecule has 0 spiro atoms. The van der Waals surface area contributed by atoms with Crippen molar-refractivity contribution < 1.29 is 14.3 Å². The smallest absolute Gasteiger partial charge is 0.429 e. The van der Waals surface area contributed by atoms with E-state index in [0.717, 1.165) is 12.8 Å². The van der Waals surface area contributed by atoms with Crippen LogP contribution in [0.2, 0.25) is 0 Å². The molecule has 1 atom stereocenters. The first kappa shape index (κ1) is 9.91. The third-order valence-electron chi connectivity index (χ3n) is 1.76. The van der Waals surface area contributed by atoms with Crippen LogP contribution in [0.3, 0.4) is 0 Å². The molecule has 0 aromatic carbocycles. The number of carbonyl (C=O) groups is 1. The summed E-state index contributed by atoms with van der Waals surface area (Å²) in [6.45, 7) is 2.43. The summed E-state index contributed by atoms with van der Waals surface area (Å²) >= 11 is 0. The summed E-state index contributed by atoms with van der Waals surface area (Å²) in [5.41, 5.74) is 0. The monoisotopic (exact) mass is 182 g/mol. The summed E-state index contributed by atoms with van der Waals surface area (Å²) in [4.78, 5) is 10.5. The van der Waals surface area contributed by atoms with Crippen molar-refractivity contribution in [1.82, 2.24) is 0 Å². The van der Waals surface area contributed by atoms with E-state index >= 15 is 0 Å². The van der Waals surface area contributed by atoms with Crippen LogP contribution in [0.25, 0.3) is 0 Å². The molecule has 13 heavy (non-hydrogen) atoms. The average Bonchev–Trinajstić information content (AvgIpc) is 2.51. The Bertz CT molecular complexity index is 224. The van der Waals surface area contributed by atoms with Gasteiger partial charge in [0.15, 0.2) is 6.10 Å². The molecule has 3 heteroatoms. The lowest BCUT2D eigenvalue weighted by Crippen LogP contribution is -2.05. The fraction of sp³-hybridized carbons (Fsp3) is 0.700. The molecule has 1 rings (SSSR count). The molecule has 1 aliphatic rings. The Balaban J connectivity index is 2.12. The van der Waals surface area contributed by atoms with Gasteiger partial charge in [-0.2, -0.15) is 0 Å². The molecule has 0 unspecified atom stereocenters. The number of rotatable bonds is 3. The molecule has 0 aromatic heterocycles. The lowest BCUT2D eigenvalue weighted by Gasteiger charge is -1.93. The number of ether oxygens (including phenoxy) is 2. The van der Waals surface area contributed by atoms with Crippen LogP contribution in [0.1, 0.15) is 32.6 Å². The van der Waals surface area contributed by atoms with E-state index in [2.05, 4.69) is 23.5 Å². The number of cyclic esters (lactones) is 2. The van der Waals surface area contributed by atoms with E-state index in [4.69, 9.17) is 4.74 Å². The predicted molar refractivity (Wildman–Crippen MR) is 48.1 cm³/mol. The largest absolute Gasteiger partial charge is 0.509 e. The van der Waals surface area contributed by atoms with E-state index in [0.29, 0.717) is 0 Å². The summed E-state index contributed by atoms with van der Waals surface area (Å²) in [6, 6.07) is 0. The van der Waals surface area contributed by atoms with Crippen LogP contribution in [0, 0.1) is 11.8 Å². The highest BCUT2D eigenvalue weighted by atomic mass is 16.8. The molecule has 0 aromatic rings. The van der Waals surface area contributed by atoms with Gasteiger partial charge >= 0.3 is 6.16 Å². The second kappa shape index (κ2) is 5.47. The normalized spacial score (nSPS) is 20.1. The third-order valence-corrected chi connectivity index (χ3v) is 1.76. The molecular weight excluding hydrogens is 168 g/mol. The highest BCUT2D eigenvalue weighted by Gasteiger charge is 2.22. The fourth-order valence-corrected chi connectivity index (χ4v) is 1.05. The van der Waals surface area contributed by atoms with E-state index < -0.39 is 6.16 Å². The molecule has 3 nitrogen and oxygen atoms in total. The number of hydrogen-bond acceptors (Lipinski definition) is 3. The Hall–Kier alpha value is -1.17. The lowest BCUT2D eigenvalue weighted by atomic mass is 10.2. The fourth-order valence-electron chi connectivity index (χ4n) is 1.05. The molecule has 0 bridgehead atoms. The predicted octanol–water partition coefficient (Wildman–Crippen LogP) is 2.11. The molecule has 0 aliphatic carbocycles. The summed E-state index contributed by atoms with van der Waals surface area (Å²) in [5.74, 6) is 5.83. The number of carbonyl (C=O) groups excluding carboxylic acids is 1.